The van der Waals surface area contributed by atoms with E-state index in [1.54, 1.807) is 0 Å². The number of ether oxygens (including phenoxy) is 2. The molecular formula is C26H39Cl3N4O2Si2. The molecule has 0 unspecified atom stereocenters. The minimum atomic E-state index is -1.03. The fourth-order valence-corrected chi connectivity index (χ4v) is 5.10. The van der Waals surface area contributed by atoms with Crippen molar-refractivity contribution in [2.24, 2.45) is 0 Å². The van der Waals surface area contributed by atoms with Gasteiger partial charge in [0.1, 0.15) is 12.8 Å². The van der Waals surface area contributed by atoms with Crippen LogP contribution in [0.5, 0.6) is 0 Å². The number of fused-ring (bicyclic) bond motifs is 2. The lowest BCUT2D eigenvalue weighted by Crippen LogP contribution is -2.22. The van der Waals surface area contributed by atoms with E-state index in [4.69, 9.17) is 44.3 Å². The molecule has 2 aromatic carbocycles. The van der Waals surface area contributed by atoms with E-state index in [0.717, 1.165) is 41.3 Å². The van der Waals surface area contributed by atoms with Crippen LogP contribution < -0.4 is 0 Å². The normalized spacial score (nSPS) is 11.7. The minimum Gasteiger partial charge on any atom is -0.366 e. The number of aromatic amines is 1. The number of halogens is 3. The van der Waals surface area contributed by atoms with Gasteiger partial charge in [-0.3, -0.25) is 4.57 Å². The van der Waals surface area contributed by atoms with Gasteiger partial charge in [-0.1, -0.05) is 75.1 Å². The molecule has 204 valence electrons. The smallest absolute Gasteiger partial charge is 0.205 e. The third-order valence-electron chi connectivity index (χ3n) is 5.26. The van der Waals surface area contributed by atoms with Gasteiger partial charge in [-0.15, -0.1) is 0 Å². The summed E-state index contributed by atoms with van der Waals surface area (Å²) in [5, 5.41) is 0.936. The van der Waals surface area contributed by atoms with Crippen LogP contribution >= 0.6 is 34.8 Å². The SMILES string of the molecule is C[Si](C)(C)CCOCCl.C[Si](C)(C)CCOCn1c(Cl)nc2ccccc21.Clc1nc2ccccc2[nH]1. The van der Waals surface area contributed by atoms with Crippen molar-refractivity contribution in [3.05, 3.63) is 59.1 Å². The molecule has 4 rings (SSSR count). The van der Waals surface area contributed by atoms with E-state index in [0.29, 0.717) is 23.4 Å². The van der Waals surface area contributed by atoms with Crippen LogP contribution in [0.15, 0.2) is 48.5 Å². The van der Waals surface area contributed by atoms with Crippen LogP contribution in [0.3, 0.4) is 0 Å². The zero-order valence-electron chi connectivity index (χ0n) is 22.7. The molecule has 0 aliphatic rings. The van der Waals surface area contributed by atoms with Crippen LogP contribution in [0.2, 0.25) is 61.9 Å². The molecule has 0 spiro atoms. The summed E-state index contributed by atoms with van der Waals surface area (Å²) >= 11 is 17.1. The molecule has 37 heavy (non-hydrogen) atoms. The monoisotopic (exact) mass is 600 g/mol. The van der Waals surface area contributed by atoms with Gasteiger partial charge in [-0.2, -0.15) is 0 Å². The summed E-state index contributed by atoms with van der Waals surface area (Å²) in [7, 11) is -1.91. The first-order chi connectivity index (χ1) is 17.4. The quantitative estimate of drug-likeness (QED) is 0.118. The maximum absolute atomic E-state index is 6.12. The molecule has 6 nitrogen and oxygen atoms in total. The number of imidazole rings is 2. The van der Waals surface area contributed by atoms with E-state index in [1.807, 2.05) is 53.1 Å². The highest BCUT2D eigenvalue weighted by atomic mass is 35.5. The summed E-state index contributed by atoms with van der Waals surface area (Å²) in [4.78, 5) is 11.2. The Kier molecular flexibility index (Phi) is 13.1. The Labute approximate surface area is 237 Å². The third-order valence-corrected chi connectivity index (χ3v) is 9.29. The van der Waals surface area contributed by atoms with Crippen molar-refractivity contribution in [1.29, 1.82) is 0 Å². The molecule has 2 heterocycles. The lowest BCUT2D eigenvalue weighted by molar-refractivity contribution is 0.0900. The maximum atomic E-state index is 6.12. The number of hydrogen-bond donors (Lipinski definition) is 1. The Bertz CT molecular complexity index is 1190. The summed E-state index contributed by atoms with van der Waals surface area (Å²) in [5.74, 6) is 0. The van der Waals surface area contributed by atoms with Gasteiger partial charge in [0.2, 0.25) is 10.6 Å². The molecule has 0 radical (unpaired) electrons. The van der Waals surface area contributed by atoms with Gasteiger partial charge in [0.25, 0.3) is 0 Å². The zero-order chi connectivity index (χ0) is 27.5. The minimum absolute atomic E-state index is 0.338. The fourth-order valence-electron chi connectivity index (χ4n) is 3.06. The molecule has 2 aromatic heterocycles. The Morgan fingerprint density at radius 3 is 1.95 bits per heavy atom. The number of aromatic nitrogens is 4. The second-order valence-corrected chi connectivity index (χ2v) is 23.2. The van der Waals surface area contributed by atoms with Gasteiger partial charge in [0.15, 0.2) is 0 Å². The standard InChI is InChI=1S/C13H19ClN2OSi.C7H5ClN2.C6H15ClOSi/c1-18(2,3)9-8-17-10-16-12-7-5-4-6-11(12)15-13(16)14;8-7-9-5-3-1-2-4-6(5)10-7;1-9(2,3)5-4-8-6-7/h4-7H,8-10H2,1-3H3;1-4H,(H,9,10);4-6H2,1-3H3. The van der Waals surface area contributed by atoms with Crippen molar-refractivity contribution in [1.82, 2.24) is 19.5 Å². The summed E-state index contributed by atoms with van der Waals surface area (Å²) < 4.78 is 12.6. The Morgan fingerprint density at radius 2 is 1.35 bits per heavy atom. The molecule has 0 amide bonds. The van der Waals surface area contributed by atoms with E-state index >= 15 is 0 Å². The molecule has 0 fully saturated rings. The summed E-state index contributed by atoms with van der Waals surface area (Å²) in [6.45, 7) is 16.1. The first-order valence-electron chi connectivity index (χ1n) is 12.3. The molecule has 1 N–H and O–H groups in total. The van der Waals surface area contributed by atoms with Crippen molar-refractivity contribution in [3.8, 4) is 0 Å². The number of alkyl halides is 1. The predicted octanol–water partition coefficient (Wildman–Crippen LogP) is 8.76. The lowest BCUT2D eigenvalue weighted by atomic mass is 10.3. The van der Waals surface area contributed by atoms with Gasteiger partial charge in [-0.05, 0) is 59.6 Å². The molecule has 11 heteroatoms. The Hall–Kier alpha value is -1.40. The molecule has 0 aliphatic carbocycles. The van der Waals surface area contributed by atoms with Crippen LogP contribution in [0.4, 0.5) is 0 Å². The van der Waals surface area contributed by atoms with Crippen LogP contribution in [0.1, 0.15) is 0 Å². The van der Waals surface area contributed by atoms with E-state index in [2.05, 4.69) is 54.2 Å². The molecule has 4 aromatic rings. The highest BCUT2D eigenvalue weighted by molar-refractivity contribution is 6.76. The largest absolute Gasteiger partial charge is 0.366 e. The highest BCUT2D eigenvalue weighted by Gasteiger charge is 2.13. The van der Waals surface area contributed by atoms with Gasteiger partial charge >= 0.3 is 0 Å². The van der Waals surface area contributed by atoms with Crippen molar-refractivity contribution in [3.63, 3.8) is 0 Å². The van der Waals surface area contributed by atoms with E-state index in [9.17, 15) is 0 Å². The van der Waals surface area contributed by atoms with Crippen molar-refractivity contribution >= 4 is 73.0 Å². The van der Waals surface area contributed by atoms with Gasteiger partial charge in [0.05, 0.1) is 22.1 Å². The molecule has 0 saturated carbocycles. The summed E-state index contributed by atoms with van der Waals surface area (Å²) in [5.41, 5.74) is 3.83. The molecule has 0 bridgehead atoms. The second-order valence-electron chi connectivity index (χ2n) is 11.0. The summed E-state index contributed by atoms with van der Waals surface area (Å²) in [6, 6.07) is 18.3. The number of nitrogens with one attached hydrogen (secondary N) is 1. The first kappa shape index (κ1) is 31.8. The first-order valence-corrected chi connectivity index (χ1v) is 21.0. The highest BCUT2D eigenvalue weighted by Crippen LogP contribution is 2.19. The average Bonchev–Trinajstić information content (AvgIpc) is 3.34. The molecule has 0 aliphatic heterocycles. The van der Waals surface area contributed by atoms with E-state index in [1.165, 1.54) is 6.04 Å². The van der Waals surface area contributed by atoms with E-state index in [-0.39, 0.29) is 0 Å². The average molecular weight is 602 g/mol. The fraction of sp³-hybridized carbons (Fsp3) is 0.462. The predicted molar refractivity (Wildman–Crippen MR) is 165 cm³/mol. The molecular weight excluding hydrogens is 563 g/mol. The van der Waals surface area contributed by atoms with E-state index < -0.39 is 16.1 Å². The number of benzene rings is 2. The lowest BCUT2D eigenvalue weighted by Gasteiger charge is -2.15. The van der Waals surface area contributed by atoms with Crippen molar-refractivity contribution < 1.29 is 9.47 Å². The molecule has 0 atom stereocenters. The Balaban J connectivity index is 0.000000214. The van der Waals surface area contributed by atoms with Gasteiger partial charge in [-0.25, -0.2) is 9.97 Å². The van der Waals surface area contributed by atoms with Crippen LogP contribution in [-0.2, 0) is 16.2 Å². The van der Waals surface area contributed by atoms with Crippen molar-refractivity contribution in [2.75, 3.05) is 19.3 Å². The van der Waals surface area contributed by atoms with Gasteiger partial charge in [0, 0.05) is 29.4 Å². The Morgan fingerprint density at radius 1 is 0.784 bits per heavy atom. The van der Waals surface area contributed by atoms with Crippen LogP contribution in [0.25, 0.3) is 22.1 Å². The topological polar surface area (TPSA) is 65.0 Å². The van der Waals surface area contributed by atoms with Crippen LogP contribution in [-0.4, -0.2) is 54.9 Å². The number of rotatable bonds is 9. The third kappa shape index (κ3) is 12.3. The second kappa shape index (κ2) is 15.3. The van der Waals surface area contributed by atoms with Crippen LogP contribution in [0, 0.1) is 0 Å². The number of H-pyrrole nitrogens is 1. The number of para-hydroxylation sites is 4. The van der Waals surface area contributed by atoms with Gasteiger partial charge < -0.3 is 14.5 Å². The maximum Gasteiger partial charge on any atom is 0.205 e. The zero-order valence-corrected chi connectivity index (χ0v) is 26.9. The molecule has 0 saturated heterocycles. The number of hydrogen-bond acceptors (Lipinski definition) is 4. The summed E-state index contributed by atoms with van der Waals surface area (Å²) in [6.07, 6.45) is 0. The number of nitrogens with zero attached hydrogens (tertiary/aromatic N) is 3. The van der Waals surface area contributed by atoms with Crippen molar-refractivity contribution in [2.45, 2.75) is 58.1 Å².